The Bertz CT molecular complexity index is 385. The zero-order valence-corrected chi connectivity index (χ0v) is 11.6. The first kappa shape index (κ1) is 13.4. The van der Waals surface area contributed by atoms with E-state index in [0.717, 1.165) is 30.8 Å². The largest absolute Gasteiger partial charge is 0.353 e. The molecular formula is C14H20N2OS. The first-order valence-corrected chi connectivity index (χ1v) is 7.42. The second-order valence-electron chi connectivity index (χ2n) is 4.69. The monoisotopic (exact) mass is 264 g/mol. The molecule has 1 aliphatic heterocycles. The summed E-state index contributed by atoms with van der Waals surface area (Å²) in [5, 5.41) is 6.40. The number of carbonyl (C=O) groups is 1. The fourth-order valence-electron chi connectivity index (χ4n) is 2.02. The van der Waals surface area contributed by atoms with Crippen molar-refractivity contribution in [1.29, 1.82) is 0 Å². The molecule has 2 N–H and O–H groups in total. The summed E-state index contributed by atoms with van der Waals surface area (Å²) in [5.74, 6) is 0.653. The molecule has 0 unspecified atom stereocenters. The van der Waals surface area contributed by atoms with Gasteiger partial charge in [0.1, 0.15) is 0 Å². The Morgan fingerprint density at radius 2 is 2.00 bits per heavy atom. The molecule has 0 aliphatic carbocycles. The van der Waals surface area contributed by atoms with Crippen LogP contribution in [0.1, 0.15) is 18.4 Å². The van der Waals surface area contributed by atoms with Crippen LogP contribution in [0.2, 0.25) is 0 Å². The Balaban J connectivity index is 1.72. The van der Waals surface area contributed by atoms with Crippen LogP contribution in [0.15, 0.2) is 29.2 Å². The highest BCUT2D eigenvalue weighted by atomic mass is 32.2. The normalized spacial score (nSPS) is 16.5. The highest BCUT2D eigenvalue weighted by molar-refractivity contribution is 8.00. The van der Waals surface area contributed by atoms with Crippen LogP contribution >= 0.6 is 11.8 Å². The fraction of sp³-hybridized carbons (Fsp3) is 0.500. The minimum Gasteiger partial charge on any atom is -0.353 e. The number of benzene rings is 1. The Labute approximate surface area is 113 Å². The Kier molecular flexibility index (Phi) is 5.08. The number of hydrogen-bond donors (Lipinski definition) is 2. The van der Waals surface area contributed by atoms with Crippen LogP contribution in [0.4, 0.5) is 0 Å². The molecule has 2 rings (SSSR count). The number of piperidine rings is 1. The molecule has 4 heteroatoms. The maximum absolute atomic E-state index is 11.8. The maximum atomic E-state index is 11.8. The average Bonchev–Trinajstić information content (AvgIpc) is 2.39. The van der Waals surface area contributed by atoms with Gasteiger partial charge in [0, 0.05) is 10.9 Å². The number of hydrogen-bond acceptors (Lipinski definition) is 3. The number of amides is 1. The lowest BCUT2D eigenvalue weighted by atomic mass is 10.1. The van der Waals surface area contributed by atoms with Crippen LogP contribution in [0, 0.1) is 6.92 Å². The van der Waals surface area contributed by atoms with E-state index in [-0.39, 0.29) is 5.91 Å². The molecule has 0 radical (unpaired) electrons. The van der Waals surface area contributed by atoms with Gasteiger partial charge in [-0.1, -0.05) is 17.7 Å². The molecule has 0 atom stereocenters. The summed E-state index contributed by atoms with van der Waals surface area (Å²) in [6.07, 6.45) is 2.09. The van der Waals surface area contributed by atoms with Crippen molar-refractivity contribution in [3.63, 3.8) is 0 Å². The SMILES string of the molecule is Cc1ccc(SCC(=O)NC2CCNCC2)cc1. The van der Waals surface area contributed by atoms with Gasteiger partial charge in [0.25, 0.3) is 0 Å². The smallest absolute Gasteiger partial charge is 0.230 e. The summed E-state index contributed by atoms with van der Waals surface area (Å²) in [4.78, 5) is 13.0. The molecule has 0 spiro atoms. The van der Waals surface area contributed by atoms with E-state index in [0.29, 0.717) is 11.8 Å². The Morgan fingerprint density at radius 3 is 2.67 bits per heavy atom. The highest BCUT2D eigenvalue weighted by Gasteiger charge is 2.15. The van der Waals surface area contributed by atoms with Gasteiger partial charge in [0.2, 0.25) is 5.91 Å². The van der Waals surface area contributed by atoms with Crippen LogP contribution in [0.3, 0.4) is 0 Å². The molecule has 1 amide bonds. The lowest BCUT2D eigenvalue weighted by Crippen LogP contribution is -2.43. The van der Waals surface area contributed by atoms with E-state index in [1.165, 1.54) is 5.56 Å². The van der Waals surface area contributed by atoms with E-state index in [2.05, 4.69) is 41.8 Å². The van der Waals surface area contributed by atoms with Gasteiger partial charge in [0.05, 0.1) is 5.75 Å². The van der Waals surface area contributed by atoms with Crippen molar-refractivity contribution in [2.24, 2.45) is 0 Å². The maximum Gasteiger partial charge on any atom is 0.230 e. The van der Waals surface area contributed by atoms with E-state index in [1.807, 2.05) is 0 Å². The molecule has 1 aromatic carbocycles. The van der Waals surface area contributed by atoms with Crippen LogP contribution in [0.25, 0.3) is 0 Å². The topological polar surface area (TPSA) is 41.1 Å². The molecule has 1 aliphatic rings. The van der Waals surface area contributed by atoms with Crippen LogP contribution in [-0.2, 0) is 4.79 Å². The summed E-state index contributed by atoms with van der Waals surface area (Å²) in [6, 6.07) is 8.65. The third-order valence-electron chi connectivity index (χ3n) is 3.10. The molecule has 3 nitrogen and oxygen atoms in total. The summed E-state index contributed by atoms with van der Waals surface area (Å²) in [6.45, 7) is 4.09. The molecular weight excluding hydrogens is 244 g/mol. The summed E-state index contributed by atoms with van der Waals surface area (Å²) in [7, 11) is 0. The molecule has 1 aromatic rings. The lowest BCUT2D eigenvalue weighted by molar-refractivity contribution is -0.119. The van der Waals surface area contributed by atoms with Gasteiger partial charge in [-0.25, -0.2) is 0 Å². The summed E-state index contributed by atoms with van der Waals surface area (Å²) < 4.78 is 0. The number of nitrogens with one attached hydrogen (secondary N) is 2. The highest BCUT2D eigenvalue weighted by Crippen LogP contribution is 2.18. The van der Waals surface area contributed by atoms with Gasteiger partial charge in [-0.15, -0.1) is 11.8 Å². The third kappa shape index (κ3) is 4.35. The molecule has 0 bridgehead atoms. The van der Waals surface area contributed by atoms with E-state index >= 15 is 0 Å². The van der Waals surface area contributed by atoms with Crippen molar-refractivity contribution in [2.45, 2.75) is 30.7 Å². The van der Waals surface area contributed by atoms with E-state index in [9.17, 15) is 4.79 Å². The molecule has 1 heterocycles. The van der Waals surface area contributed by atoms with Crippen molar-refractivity contribution >= 4 is 17.7 Å². The van der Waals surface area contributed by atoms with Gasteiger partial charge < -0.3 is 10.6 Å². The fourth-order valence-corrected chi connectivity index (χ4v) is 2.73. The van der Waals surface area contributed by atoms with E-state index < -0.39 is 0 Å². The van der Waals surface area contributed by atoms with Crippen LogP contribution < -0.4 is 10.6 Å². The Hall–Kier alpha value is -1.00. The van der Waals surface area contributed by atoms with Gasteiger partial charge in [-0.2, -0.15) is 0 Å². The average molecular weight is 264 g/mol. The predicted molar refractivity (Wildman–Crippen MR) is 75.9 cm³/mol. The molecule has 0 saturated carbocycles. The van der Waals surface area contributed by atoms with Gasteiger partial charge in [0.15, 0.2) is 0 Å². The standard InChI is InChI=1S/C14H20N2OS/c1-11-2-4-13(5-3-11)18-10-14(17)16-12-6-8-15-9-7-12/h2-5,12,15H,6-10H2,1H3,(H,16,17). The quantitative estimate of drug-likeness (QED) is 0.817. The van der Waals surface area contributed by atoms with Gasteiger partial charge in [-0.3, -0.25) is 4.79 Å². The number of thioether (sulfide) groups is 1. The number of aryl methyl sites for hydroxylation is 1. The zero-order valence-electron chi connectivity index (χ0n) is 10.7. The molecule has 18 heavy (non-hydrogen) atoms. The molecule has 1 saturated heterocycles. The van der Waals surface area contributed by atoms with Crippen LogP contribution in [0.5, 0.6) is 0 Å². The molecule has 0 aromatic heterocycles. The first-order chi connectivity index (χ1) is 8.74. The van der Waals surface area contributed by atoms with E-state index in [4.69, 9.17) is 0 Å². The molecule has 98 valence electrons. The van der Waals surface area contributed by atoms with Crippen molar-refractivity contribution < 1.29 is 4.79 Å². The number of carbonyl (C=O) groups excluding carboxylic acids is 1. The van der Waals surface area contributed by atoms with E-state index in [1.54, 1.807) is 11.8 Å². The van der Waals surface area contributed by atoms with Crippen molar-refractivity contribution in [3.05, 3.63) is 29.8 Å². The molecule has 1 fully saturated rings. The van der Waals surface area contributed by atoms with Gasteiger partial charge in [-0.05, 0) is 45.0 Å². The first-order valence-electron chi connectivity index (χ1n) is 6.43. The van der Waals surface area contributed by atoms with Crippen molar-refractivity contribution in [3.8, 4) is 0 Å². The second kappa shape index (κ2) is 6.81. The summed E-state index contributed by atoms with van der Waals surface area (Å²) in [5.41, 5.74) is 1.25. The third-order valence-corrected chi connectivity index (χ3v) is 4.11. The minimum absolute atomic E-state index is 0.146. The lowest BCUT2D eigenvalue weighted by Gasteiger charge is -2.23. The van der Waals surface area contributed by atoms with Gasteiger partial charge >= 0.3 is 0 Å². The van der Waals surface area contributed by atoms with Crippen molar-refractivity contribution in [1.82, 2.24) is 10.6 Å². The zero-order chi connectivity index (χ0) is 12.8. The van der Waals surface area contributed by atoms with Crippen molar-refractivity contribution in [2.75, 3.05) is 18.8 Å². The number of rotatable bonds is 4. The minimum atomic E-state index is 0.146. The second-order valence-corrected chi connectivity index (χ2v) is 5.74. The van der Waals surface area contributed by atoms with Crippen LogP contribution in [-0.4, -0.2) is 30.8 Å². The Morgan fingerprint density at radius 1 is 1.33 bits per heavy atom. The summed E-state index contributed by atoms with van der Waals surface area (Å²) >= 11 is 1.60. The predicted octanol–water partition coefficient (Wildman–Crippen LogP) is 1.96.